The van der Waals surface area contributed by atoms with E-state index in [0.717, 1.165) is 30.2 Å². The third-order valence-electron chi connectivity index (χ3n) is 4.01. The molecule has 1 amide bonds. The van der Waals surface area contributed by atoms with Gasteiger partial charge in [0.1, 0.15) is 0 Å². The van der Waals surface area contributed by atoms with Crippen molar-refractivity contribution in [3.63, 3.8) is 0 Å². The fraction of sp³-hybridized carbons (Fsp3) is 0.562. The predicted molar refractivity (Wildman–Crippen MR) is 86.3 cm³/mol. The van der Waals surface area contributed by atoms with E-state index in [1.807, 2.05) is 25.1 Å². The Hall–Kier alpha value is -1.10. The van der Waals surface area contributed by atoms with Gasteiger partial charge < -0.3 is 11.1 Å². The van der Waals surface area contributed by atoms with Crippen LogP contribution in [0.15, 0.2) is 24.3 Å². The predicted octanol–water partition coefficient (Wildman–Crippen LogP) is 2.33. The number of primary amides is 1. The van der Waals surface area contributed by atoms with Gasteiger partial charge in [0.25, 0.3) is 0 Å². The normalized spacial score (nSPS) is 18.6. The van der Waals surface area contributed by atoms with Gasteiger partial charge in [-0.15, -0.1) is 0 Å². The number of halogens is 1. The summed E-state index contributed by atoms with van der Waals surface area (Å²) in [5.41, 5.74) is 6.40. The Morgan fingerprint density at radius 3 is 2.67 bits per heavy atom. The van der Waals surface area contributed by atoms with Crippen molar-refractivity contribution in [1.29, 1.82) is 0 Å². The van der Waals surface area contributed by atoms with Gasteiger partial charge in [-0.1, -0.05) is 29.8 Å². The monoisotopic (exact) mass is 309 g/mol. The van der Waals surface area contributed by atoms with Gasteiger partial charge in [-0.25, -0.2) is 0 Å². The van der Waals surface area contributed by atoms with Crippen LogP contribution in [0.1, 0.15) is 37.8 Å². The van der Waals surface area contributed by atoms with Crippen LogP contribution in [0.3, 0.4) is 0 Å². The van der Waals surface area contributed by atoms with Crippen LogP contribution in [-0.2, 0) is 4.79 Å². The average Bonchev–Trinajstić information content (AvgIpc) is 2.94. The van der Waals surface area contributed by atoms with E-state index in [1.54, 1.807) is 0 Å². The smallest absolute Gasteiger partial charge is 0.218 e. The Kier molecular flexibility index (Phi) is 6.03. The summed E-state index contributed by atoms with van der Waals surface area (Å²) in [5.74, 6) is -0.273. The maximum Gasteiger partial charge on any atom is 0.218 e. The van der Waals surface area contributed by atoms with Crippen LogP contribution in [-0.4, -0.2) is 36.5 Å². The number of rotatable bonds is 7. The third kappa shape index (κ3) is 4.70. The SMILES string of the molecule is C[C@@H](CC(N)=O)NC[C@@H](c1ccccc1Cl)N1CCCC1. The van der Waals surface area contributed by atoms with Crippen LogP contribution < -0.4 is 11.1 Å². The van der Waals surface area contributed by atoms with Crippen molar-refractivity contribution in [3.8, 4) is 0 Å². The zero-order valence-corrected chi connectivity index (χ0v) is 13.3. The quantitative estimate of drug-likeness (QED) is 0.813. The molecule has 5 heteroatoms. The van der Waals surface area contributed by atoms with Crippen molar-refractivity contribution in [1.82, 2.24) is 10.2 Å². The second-order valence-corrected chi connectivity index (χ2v) is 6.17. The van der Waals surface area contributed by atoms with Crippen molar-refractivity contribution in [2.24, 2.45) is 5.73 Å². The molecule has 2 rings (SSSR count). The van der Waals surface area contributed by atoms with Crippen molar-refractivity contribution < 1.29 is 4.79 Å². The molecule has 1 heterocycles. The lowest BCUT2D eigenvalue weighted by Crippen LogP contribution is -2.39. The van der Waals surface area contributed by atoms with Crippen molar-refractivity contribution >= 4 is 17.5 Å². The highest BCUT2D eigenvalue weighted by molar-refractivity contribution is 6.31. The molecule has 1 saturated heterocycles. The fourth-order valence-electron chi connectivity index (χ4n) is 2.92. The Balaban J connectivity index is 2.06. The number of nitrogens with two attached hydrogens (primary N) is 1. The highest BCUT2D eigenvalue weighted by Crippen LogP contribution is 2.29. The first-order chi connectivity index (χ1) is 10.1. The minimum Gasteiger partial charge on any atom is -0.370 e. The zero-order chi connectivity index (χ0) is 15.2. The molecule has 1 aromatic rings. The van der Waals surface area contributed by atoms with Crippen molar-refractivity contribution in [2.75, 3.05) is 19.6 Å². The first-order valence-corrected chi connectivity index (χ1v) is 7.96. The van der Waals surface area contributed by atoms with Gasteiger partial charge in [-0.05, 0) is 44.5 Å². The Morgan fingerprint density at radius 2 is 2.05 bits per heavy atom. The number of carbonyl (C=O) groups excluding carboxylic acids is 1. The summed E-state index contributed by atoms with van der Waals surface area (Å²) in [6.07, 6.45) is 2.82. The molecule has 0 bridgehead atoms. The maximum atomic E-state index is 11.0. The van der Waals surface area contributed by atoms with Gasteiger partial charge in [-0.3, -0.25) is 9.69 Å². The van der Waals surface area contributed by atoms with Crippen molar-refractivity contribution in [3.05, 3.63) is 34.9 Å². The van der Waals surface area contributed by atoms with Gasteiger partial charge in [0.2, 0.25) is 5.91 Å². The number of nitrogens with one attached hydrogen (secondary N) is 1. The number of carbonyl (C=O) groups is 1. The third-order valence-corrected chi connectivity index (χ3v) is 4.36. The van der Waals surface area contributed by atoms with Crippen LogP contribution in [0, 0.1) is 0 Å². The van der Waals surface area contributed by atoms with Gasteiger partial charge in [0.15, 0.2) is 0 Å². The number of nitrogens with zero attached hydrogens (tertiary/aromatic N) is 1. The van der Waals surface area contributed by atoms with E-state index >= 15 is 0 Å². The summed E-state index contributed by atoms with van der Waals surface area (Å²) in [7, 11) is 0. The van der Waals surface area contributed by atoms with Gasteiger partial charge in [0.05, 0.1) is 0 Å². The zero-order valence-electron chi connectivity index (χ0n) is 12.5. The highest BCUT2D eigenvalue weighted by atomic mass is 35.5. The van der Waals surface area contributed by atoms with Gasteiger partial charge in [0, 0.05) is 30.1 Å². The minimum atomic E-state index is -0.273. The van der Waals surface area contributed by atoms with Gasteiger partial charge in [-0.2, -0.15) is 0 Å². The van der Waals surface area contributed by atoms with E-state index in [0.29, 0.717) is 6.42 Å². The van der Waals surface area contributed by atoms with E-state index < -0.39 is 0 Å². The van der Waals surface area contributed by atoms with E-state index in [-0.39, 0.29) is 18.0 Å². The number of likely N-dealkylation sites (tertiary alicyclic amines) is 1. The second kappa shape index (κ2) is 7.78. The molecule has 0 unspecified atom stereocenters. The van der Waals surface area contributed by atoms with Crippen molar-refractivity contribution in [2.45, 2.75) is 38.3 Å². The molecule has 21 heavy (non-hydrogen) atoms. The summed E-state index contributed by atoms with van der Waals surface area (Å²) in [5, 5.41) is 4.22. The molecule has 0 aliphatic carbocycles. The molecule has 0 radical (unpaired) electrons. The number of hydrogen-bond acceptors (Lipinski definition) is 3. The molecule has 116 valence electrons. The topological polar surface area (TPSA) is 58.4 Å². The van der Waals surface area contributed by atoms with Crippen LogP contribution >= 0.6 is 11.6 Å². The molecule has 0 spiro atoms. The summed E-state index contributed by atoms with van der Waals surface area (Å²) < 4.78 is 0. The largest absolute Gasteiger partial charge is 0.370 e. The molecule has 2 atom stereocenters. The number of benzene rings is 1. The lowest BCUT2D eigenvalue weighted by molar-refractivity contribution is -0.118. The molecule has 0 aromatic heterocycles. The molecule has 4 nitrogen and oxygen atoms in total. The lowest BCUT2D eigenvalue weighted by atomic mass is 10.0. The van der Waals surface area contributed by atoms with E-state index in [9.17, 15) is 4.79 Å². The molecular weight excluding hydrogens is 286 g/mol. The summed E-state index contributed by atoms with van der Waals surface area (Å²) in [6.45, 7) is 4.96. The van der Waals surface area contributed by atoms with Crippen LogP contribution in [0.25, 0.3) is 0 Å². The van der Waals surface area contributed by atoms with Gasteiger partial charge >= 0.3 is 0 Å². The summed E-state index contributed by atoms with van der Waals surface area (Å²) in [6, 6.07) is 8.33. The standard InChI is InChI=1S/C16H24ClN3O/c1-12(10-16(18)21)19-11-15(20-8-4-5-9-20)13-6-2-3-7-14(13)17/h2-3,6-7,12,15,19H,4-5,8-11H2,1H3,(H2,18,21)/t12-,15-/m0/s1. The first kappa shape index (κ1) is 16.3. The molecule has 3 N–H and O–H groups in total. The maximum absolute atomic E-state index is 11.0. The van der Waals surface area contributed by atoms with E-state index in [2.05, 4.69) is 16.3 Å². The fourth-order valence-corrected chi connectivity index (χ4v) is 3.18. The Morgan fingerprint density at radius 1 is 1.38 bits per heavy atom. The van der Waals surface area contributed by atoms with Crippen LogP contribution in [0.5, 0.6) is 0 Å². The summed E-state index contributed by atoms with van der Waals surface area (Å²) in [4.78, 5) is 13.4. The number of amides is 1. The molecule has 1 aliphatic rings. The molecule has 0 saturated carbocycles. The van der Waals surface area contributed by atoms with E-state index in [1.165, 1.54) is 12.8 Å². The summed E-state index contributed by atoms with van der Waals surface area (Å²) >= 11 is 6.37. The molecule has 1 aliphatic heterocycles. The average molecular weight is 310 g/mol. The Labute approximate surface area is 131 Å². The number of hydrogen-bond donors (Lipinski definition) is 2. The molecule has 1 aromatic carbocycles. The second-order valence-electron chi connectivity index (χ2n) is 5.76. The van der Waals surface area contributed by atoms with E-state index in [4.69, 9.17) is 17.3 Å². The lowest BCUT2D eigenvalue weighted by Gasteiger charge is -2.30. The van der Waals surface area contributed by atoms with Crippen LogP contribution in [0.4, 0.5) is 0 Å². The highest BCUT2D eigenvalue weighted by Gasteiger charge is 2.25. The first-order valence-electron chi connectivity index (χ1n) is 7.58. The van der Waals surface area contributed by atoms with Crippen LogP contribution in [0.2, 0.25) is 5.02 Å². The molecular formula is C16H24ClN3O. The Bertz CT molecular complexity index is 474. The molecule has 1 fully saturated rings. The minimum absolute atomic E-state index is 0.0788.